The van der Waals surface area contributed by atoms with E-state index in [4.69, 9.17) is 5.73 Å². The van der Waals surface area contributed by atoms with Crippen LogP contribution in [0.3, 0.4) is 0 Å². The van der Waals surface area contributed by atoms with Crippen LogP contribution in [0.25, 0.3) is 5.82 Å². The highest BCUT2D eigenvalue weighted by molar-refractivity contribution is 5.87. The fourth-order valence-electron chi connectivity index (χ4n) is 2.03. The maximum Gasteiger partial charge on any atom is 0.239 e. The molecule has 2 aromatic rings. The second kappa shape index (κ2) is 8.21. The summed E-state index contributed by atoms with van der Waals surface area (Å²) in [7, 11) is 0. The molecule has 0 spiro atoms. The van der Waals surface area contributed by atoms with Gasteiger partial charge in [-0.25, -0.2) is 9.97 Å². The second-order valence-electron chi connectivity index (χ2n) is 5.72. The molecule has 0 aliphatic heterocycles. The minimum absolute atomic E-state index is 0.0150. The van der Waals surface area contributed by atoms with Gasteiger partial charge in [0.25, 0.3) is 0 Å². The number of carbonyl (C=O) groups is 2. The summed E-state index contributed by atoms with van der Waals surface area (Å²) in [4.78, 5) is 31.9. The number of amides is 2. The molecule has 128 valence electrons. The molecular formula is C16H22N6O2. The van der Waals surface area contributed by atoms with Crippen molar-refractivity contribution >= 4 is 11.8 Å². The van der Waals surface area contributed by atoms with E-state index in [1.165, 1.54) is 0 Å². The lowest BCUT2D eigenvalue weighted by molar-refractivity contribution is -0.127. The molecule has 0 aliphatic rings. The van der Waals surface area contributed by atoms with Crippen LogP contribution in [0.15, 0.2) is 37.1 Å². The highest BCUT2D eigenvalue weighted by Crippen LogP contribution is 2.10. The van der Waals surface area contributed by atoms with Crippen molar-refractivity contribution in [2.45, 2.75) is 26.4 Å². The molecular weight excluding hydrogens is 308 g/mol. The summed E-state index contributed by atoms with van der Waals surface area (Å²) in [5.41, 5.74) is 6.57. The molecule has 8 nitrogen and oxygen atoms in total. The minimum atomic E-state index is -0.621. The van der Waals surface area contributed by atoms with Crippen molar-refractivity contribution in [3.8, 4) is 5.82 Å². The number of hydrogen-bond acceptors (Lipinski definition) is 5. The molecule has 0 fully saturated rings. The average Bonchev–Trinajstić information content (AvgIpc) is 3.11. The quantitative estimate of drug-likeness (QED) is 0.660. The molecule has 8 heteroatoms. The number of aromatic nitrogens is 3. The zero-order valence-electron chi connectivity index (χ0n) is 13.8. The number of carbonyl (C=O) groups excluding carboxylic acids is 2. The third-order valence-corrected chi connectivity index (χ3v) is 3.54. The van der Waals surface area contributed by atoms with Gasteiger partial charge in [0.2, 0.25) is 11.8 Å². The lowest BCUT2D eigenvalue weighted by Gasteiger charge is -2.15. The van der Waals surface area contributed by atoms with E-state index in [1.807, 2.05) is 19.9 Å². The molecule has 2 aromatic heterocycles. The molecule has 0 bridgehead atoms. The Balaban J connectivity index is 1.88. The van der Waals surface area contributed by atoms with Crippen molar-refractivity contribution in [2.75, 3.05) is 6.54 Å². The SMILES string of the molecule is CC(C)[C@H](N)C(=O)NCC(=O)NCc1cccnc1-n1ccnc1. The van der Waals surface area contributed by atoms with Gasteiger partial charge >= 0.3 is 0 Å². The van der Waals surface area contributed by atoms with Crippen LogP contribution < -0.4 is 16.4 Å². The highest BCUT2D eigenvalue weighted by Gasteiger charge is 2.17. The lowest BCUT2D eigenvalue weighted by Crippen LogP contribution is -2.47. The van der Waals surface area contributed by atoms with Crippen LogP contribution in [-0.2, 0) is 16.1 Å². The average molecular weight is 330 g/mol. The first kappa shape index (κ1) is 17.6. The summed E-state index contributed by atoms with van der Waals surface area (Å²) in [6.45, 7) is 3.89. The molecule has 4 N–H and O–H groups in total. The Hall–Kier alpha value is -2.74. The number of nitrogens with two attached hydrogens (primary N) is 1. The Kier molecular flexibility index (Phi) is 6.02. The Morgan fingerprint density at radius 3 is 2.75 bits per heavy atom. The van der Waals surface area contributed by atoms with Crippen molar-refractivity contribution in [1.82, 2.24) is 25.2 Å². The van der Waals surface area contributed by atoms with E-state index in [2.05, 4.69) is 20.6 Å². The molecule has 2 amide bonds. The topological polar surface area (TPSA) is 115 Å². The first-order valence-corrected chi connectivity index (χ1v) is 7.71. The van der Waals surface area contributed by atoms with E-state index in [0.29, 0.717) is 12.4 Å². The van der Waals surface area contributed by atoms with E-state index in [-0.39, 0.29) is 24.3 Å². The molecule has 0 aliphatic carbocycles. The van der Waals surface area contributed by atoms with E-state index in [0.717, 1.165) is 5.56 Å². The molecule has 1 atom stereocenters. The molecule has 0 unspecified atom stereocenters. The van der Waals surface area contributed by atoms with Gasteiger partial charge in [-0.05, 0) is 12.0 Å². The first-order valence-electron chi connectivity index (χ1n) is 7.71. The summed E-state index contributed by atoms with van der Waals surface area (Å²) in [5.74, 6) is 0.0859. The highest BCUT2D eigenvalue weighted by atomic mass is 16.2. The number of nitrogens with zero attached hydrogens (tertiary/aromatic N) is 3. The van der Waals surface area contributed by atoms with Crippen LogP contribution in [0.1, 0.15) is 19.4 Å². The third kappa shape index (κ3) is 4.63. The number of rotatable bonds is 7. The fraction of sp³-hybridized carbons (Fsp3) is 0.375. The van der Waals surface area contributed by atoms with Crippen molar-refractivity contribution in [3.63, 3.8) is 0 Å². The van der Waals surface area contributed by atoms with E-state index >= 15 is 0 Å². The van der Waals surface area contributed by atoms with Crippen LogP contribution in [0.2, 0.25) is 0 Å². The Labute approximate surface area is 140 Å². The number of hydrogen-bond donors (Lipinski definition) is 3. The zero-order valence-corrected chi connectivity index (χ0v) is 13.8. The monoisotopic (exact) mass is 330 g/mol. The smallest absolute Gasteiger partial charge is 0.239 e. The van der Waals surface area contributed by atoms with Gasteiger partial charge in [0.05, 0.1) is 12.6 Å². The predicted molar refractivity (Wildman–Crippen MR) is 89.0 cm³/mol. The van der Waals surface area contributed by atoms with Gasteiger partial charge in [-0.1, -0.05) is 19.9 Å². The van der Waals surface area contributed by atoms with Crippen molar-refractivity contribution < 1.29 is 9.59 Å². The van der Waals surface area contributed by atoms with Gasteiger partial charge in [-0.2, -0.15) is 0 Å². The van der Waals surface area contributed by atoms with Crippen LogP contribution in [0.5, 0.6) is 0 Å². The Morgan fingerprint density at radius 2 is 2.08 bits per heavy atom. The van der Waals surface area contributed by atoms with E-state index < -0.39 is 6.04 Å². The van der Waals surface area contributed by atoms with Gasteiger partial charge in [0.1, 0.15) is 12.1 Å². The molecule has 0 aromatic carbocycles. The van der Waals surface area contributed by atoms with Gasteiger partial charge < -0.3 is 16.4 Å². The Morgan fingerprint density at radius 1 is 1.29 bits per heavy atom. The molecule has 2 heterocycles. The standard InChI is InChI=1S/C16H22N6O2/c1-11(2)14(17)16(24)21-9-13(23)20-8-12-4-3-5-19-15(12)22-7-6-18-10-22/h3-7,10-11,14H,8-9,17H2,1-2H3,(H,20,23)(H,21,24)/t14-/m0/s1. The van der Waals surface area contributed by atoms with Crippen molar-refractivity contribution in [1.29, 1.82) is 0 Å². The number of imidazole rings is 1. The maximum atomic E-state index is 11.9. The third-order valence-electron chi connectivity index (χ3n) is 3.54. The van der Waals surface area contributed by atoms with Gasteiger partial charge in [0, 0.05) is 30.7 Å². The lowest BCUT2D eigenvalue weighted by atomic mass is 10.1. The number of pyridine rings is 1. The zero-order chi connectivity index (χ0) is 17.5. The van der Waals surface area contributed by atoms with Crippen LogP contribution in [0, 0.1) is 5.92 Å². The molecule has 0 saturated carbocycles. The van der Waals surface area contributed by atoms with Gasteiger partial charge in [-0.15, -0.1) is 0 Å². The summed E-state index contributed by atoms with van der Waals surface area (Å²) >= 11 is 0. The molecule has 24 heavy (non-hydrogen) atoms. The van der Waals surface area contributed by atoms with Gasteiger partial charge in [-0.3, -0.25) is 14.2 Å². The van der Waals surface area contributed by atoms with Crippen LogP contribution in [0.4, 0.5) is 0 Å². The Bertz CT molecular complexity index is 684. The van der Waals surface area contributed by atoms with Gasteiger partial charge in [0.15, 0.2) is 0 Å². The molecule has 0 saturated heterocycles. The summed E-state index contributed by atoms with van der Waals surface area (Å²) in [6, 6.07) is 3.05. The summed E-state index contributed by atoms with van der Waals surface area (Å²) < 4.78 is 1.77. The second-order valence-corrected chi connectivity index (χ2v) is 5.72. The maximum absolute atomic E-state index is 11.9. The van der Waals surface area contributed by atoms with E-state index in [1.54, 1.807) is 35.6 Å². The van der Waals surface area contributed by atoms with Crippen LogP contribution in [-0.4, -0.2) is 38.9 Å². The normalized spacial score (nSPS) is 12.0. The van der Waals surface area contributed by atoms with Crippen molar-refractivity contribution in [2.24, 2.45) is 11.7 Å². The molecule has 0 radical (unpaired) electrons. The summed E-state index contributed by atoms with van der Waals surface area (Å²) in [6.07, 6.45) is 6.75. The van der Waals surface area contributed by atoms with Crippen LogP contribution >= 0.6 is 0 Å². The fourth-order valence-corrected chi connectivity index (χ4v) is 2.03. The number of nitrogens with one attached hydrogen (secondary N) is 2. The first-order chi connectivity index (χ1) is 11.5. The minimum Gasteiger partial charge on any atom is -0.350 e. The van der Waals surface area contributed by atoms with Crippen molar-refractivity contribution in [3.05, 3.63) is 42.6 Å². The predicted octanol–water partition coefficient (Wildman–Crippen LogP) is -0.0170. The largest absolute Gasteiger partial charge is 0.350 e. The molecule has 2 rings (SSSR count). The van der Waals surface area contributed by atoms with E-state index in [9.17, 15) is 9.59 Å². The summed E-state index contributed by atoms with van der Waals surface area (Å²) in [5, 5.41) is 5.29.